The Labute approximate surface area is 289 Å². The first-order valence-corrected chi connectivity index (χ1v) is 16.3. The van der Waals surface area contributed by atoms with E-state index >= 15 is 0 Å². The maximum absolute atomic E-state index is 13.8. The topological polar surface area (TPSA) is 148 Å². The number of ether oxygens (including phenoxy) is 1. The van der Waals surface area contributed by atoms with Gasteiger partial charge in [0.1, 0.15) is 12.9 Å². The highest BCUT2D eigenvalue weighted by molar-refractivity contribution is 6.33. The van der Waals surface area contributed by atoms with Crippen LogP contribution in [0.2, 0.25) is 5.02 Å². The van der Waals surface area contributed by atoms with Crippen LogP contribution in [0.25, 0.3) is 22.5 Å². The lowest BCUT2D eigenvalue weighted by atomic mass is 10.00. The van der Waals surface area contributed by atoms with Gasteiger partial charge in [-0.1, -0.05) is 83.5 Å². The number of carbonyl (C=O) groups excluding carboxylic acids is 2. The van der Waals surface area contributed by atoms with E-state index in [2.05, 4.69) is 53.0 Å². The van der Waals surface area contributed by atoms with Gasteiger partial charge in [0, 0.05) is 30.4 Å². The van der Waals surface area contributed by atoms with Gasteiger partial charge in [-0.3, -0.25) is 14.8 Å². The van der Waals surface area contributed by atoms with Gasteiger partial charge in [0.2, 0.25) is 0 Å². The lowest BCUT2D eigenvalue weighted by Gasteiger charge is -2.32. The summed E-state index contributed by atoms with van der Waals surface area (Å²) < 4.78 is 32.0. The van der Waals surface area contributed by atoms with E-state index in [1.807, 2.05) is 13.8 Å². The number of aromatic amines is 1. The Balaban J connectivity index is 0.000000710. The second kappa shape index (κ2) is 16.0. The Kier molecular flexibility index (Phi) is 12.1. The first kappa shape index (κ1) is 37.0. The molecular formula is C34H42ClF2N9O3. The van der Waals surface area contributed by atoms with Crippen molar-refractivity contribution in [2.45, 2.75) is 66.6 Å². The Morgan fingerprint density at radius 1 is 1.10 bits per heavy atom. The summed E-state index contributed by atoms with van der Waals surface area (Å²) in [6.07, 6.45) is 4.34. The standard InChI is InChI=1S/C27H24ClF2N9O3.C5H12.C2H6/c28-20-7-6-17(10-19(20)23-32-14-33-36-23)21(13-42-27(41)37-8-1-9-37)39-24(40)22(35-26(39)31)16-4-2-15(3-5-16)18-11-34-38(12-18)25(29)30;1-5(2,3)4;1-2/h2-7,10-12,14,21-22,25H,1,8-9,13H2,(H2,31,35)(H,32,33,36);1-4H3;1-2H3. The summed E-state index contributed by atoms with van der Waals surface area (Å²) >= 11 is 6.43. The number of alkyl halides is 2. The van der Waals surface area contributed by atoms with Crippen molar-refractivity contribution in [2.75, 3.05) is 19.7 Å². The highest BCUT2D eigenvalue weighted by atomic mass is 35.5. The molecule has 2 aliphatic rings. The number of carbonyl (C=O) groups is 2. The minimum Gasteiger partial charge on any atom is -0.447 e. The van der Waals surface area contributed by atoms with Gasteiger partial charge in [0.25, 0.3) is 5.91 Å². The molecule has 2 aromatic heterocycles. The van der Waals surface area contributed by atoms with Crippen LogP contribution in [0.5, 0.6) is 0 Å². The predicted octanol–water partition coefficient (Wildman–Crippen LogP) is 7.24. The second-order valence-corrected chi connectivity index (χ2v) is 13.1. The minimum atomic E-state index is -2.75. The van der Waals surface area contributed by atoms with Crippen LogP contribution in [-0.4, -0.2) is 72.4 Å². The fraction of sp³-hybridized carbons (Fsp3) is 0.412. The Morgan fingerprint density at radius 3 is 2.33 bits per heavy atom. The summed E-state index contributed by atoms with van der Waals surface area (Å²) in [5.41, 5.74) is 9.63. The number of guanidine groups is 1. The second-order valence-electron chi connectivity index (χ2n) is 12.7. The van der Waals surface area contributed by atoms with Gasteiger partial charge in [-0.15, -0.1) is 0 Å². The van der Waals surface area contributed by atoms with E-state index < -0.39 is 30.6 Å². The lowest BCUT2D eigenvalue weighted by Crippen LogP contribution is -2.45. The molecule has 2 aromatic carbocycles. The van der Waals surface area contributed by atoms with Gasteiger partial charge >= 0.3 is 12.6 Å². The zero-order valence-corrected chi connectivity index (χ0v) is 29.2. The number of hydrogen-bond donors (Lipinski definition) is 2. The highest BCUT2D eigenvalue weighted by Gasteiger charge is 2.40. The molecule has 0 bridgehead atoms. The van der Waals surface area contributed by atoms with Crippen LogP contribution in [0.3, 0.4) is 0 Å². The van der Waals surface area contributed by atoms with Crippen molar-refractivity contribution in [1.29, 1.82) is 0 Å². The molecule has 0 saturated carbocycles. The van der Waals surface area contributed by atoms with E-state index in [4.69, 9.17) is 22.1 Å². The van der Waals surface area contributed by atoms with Crippen molar-refractivity contribution in [3.8, 4) is 22.5 Å². The molecule has 2 unspecified atom stereocenters. The van der Waals surface area contributed by atoms with Gasteiger partial charge in [-0.05, 0) is 40.7 Å². The SMILES string of the molecule is CC.CC(C)(C)C.NC1=NC(c2ccc(-c3cnn(C(F)F)c3)cc2)C(=O)N1C(COC(=O)N1CCC1)c1ccc(Cl)c(-c2ncn[nH]2)c1. The van der Waals surface area contributed by atoms with Crippen LogP contribution in [0, 0.1) is 5.41 Å². The van der Waals surface area contributed by atoms with Gasteiger partial charge in [0.05, 0.1) is 17.3 Å². The van der Waals surface area contributed by atoms with Crippen molar-refractivity contribution >= 4 is 29.6 Å². The molecule has 262 valence electrons. The third kappa shape index (κ3) is 9.19. The summed E-state index contributed by atoms with van der Waals surface area (Å²) in [4.78, 5) is 37.9. The number of nitrogens with two attached hydrogens (primary N) is 1. The Morgan fingerprint density at radius 2 is 1.78 bits per heavy atom. The smallest absolute Gasteiger partial charge is 0.409 e. The monoisotopic (exact) mass is 697 g/mol. The van der Waals surface area contributed by atoms with Crippen LogP contribution in [0.4, 0.5) is 13.6 Å². The maximum Gasteiger partial charge on any atom is 0.409 e. The molecule has 0 spiro atoms. The molecule has 4 heterocycles. The van der Waals surface area contributed by atoms with Crippen molar-refractivity contribution in [1.82, 2.24) is 34.8 Å². The van der Waals surface area contributed by atoms with Crippen molar-refractivity contribution < 1.29 is 23.1 Å². The lowest BCUT2D eigenvalue weighted by molar-refractivity contribution is -0.130. The van der Waals surface area contributed by atoms with Gasteiger partial charge < -0.3 is 15.4 Å². The third-order valence-electron chi connectivity index (χ3n) is 7.18. The van der Waals surface area contributed by atoms with E-state index in [9.17, 15) is 18.4 Å². The number of rotatable bonds is 8. The molecule has 0 radical (unpaired) electrons. The number of benzene rings is 2. The van der Waals surface area contributed by atoms with Gasteiger partial charge in [-0.2, -0.15) is 19.0 Å². The average Bonchev–Trinajstić information content (AvgIpc) is 3.80. The molecular weight excluding hydrogens is 656 g/mol. The van der Waals surface area contributed by atoms with Crippen LogP contribution in [0.1, 0.15) is 77.7 Å². The van der Waals surface area contributed by atoms with Crippen LogP contribution >= 0.6 is 11.6 Å². The maximum atomic E-state index is 13.8. The minimum absolute atomic E-state index is 0.0477. The first-order chi connectivity index (χ1) is 23.3. The number of hydrogen-bond acceptors (Lipinski definition) is 8. The molecule has 4 aromatic rings. The molecule has 3 N–H and O–H groups in total. The van der Waals surface area contributed by atoms with Crippen molar-refractivity contribution in [3.05, 3.63) is 77.3 Å². The summed E-state index contributed by atoms with van der Waals surface area (Å²) in [6, 6.07) is 10.1. The number of H-pyrrole nitrogens is 1. The zero-order valence-electron chi connectivity index (χ0n) is 28.4. The van der Waals surface area contributed by atoms with E-state index in [0.29, 0.717) is 61.9 Å². The number of nitrogens with one attached hydrogen (secondary N) is 1. The summed E-state index contributed by atoms with van der Waals surface area (Å²) in [6.45, 7) is 11.0. The Hall–Kier alpha value is -4.85. The zero-order chi connectivity index (χ0) is 35.9. The fourth-order valence-electron chi connectivity index (χ4n) is 4.80. The number of aliphatic imine (C=N–C) groups is 1. The van der Waals surface area contributed by atoms with Crippen LogP contribution < -0.4 is 5.73 Å². The van der Waals surface area contributed by atoms with Crippen LogP contribution in [-0.2, 0) is 9.53 Å². The van der Waals surface area contributed by atoms with Crippen molar-refractivity contribution in [2.24, 2.45) is 16.1 Å². The van der Waals surface area contributed by atoms with Crippen LogP contribution in [0.15, 0.2) is 66.2 Å². The molecule has 1 saturated heterocycles. The number of halogens is 3. The summed E-state index contributed by atoms with van der Waals surface area (Å²) in [5.74, 6) is -0.0509. The molecule has 15 heteroatoms. The Bertz CT molecular complexity index is 1730. The van der Waals surface area contributed by atoms with E-state index in [1.165, 1.54) is 23.6 Å². The molecule has 2 atom stereocenters. The summed E-state index contributed by atoms with van der Waals surface area (Å²) in [7, 11) is 0. The fourth-order valence-corrected chi connectivity index (χ4v) is 5.01. The quantitative estimate of drug-likeness (QED) is 0.197. The molecule has 0 aliphatic carbocycles. The average molecular weight is 698 g/mol. The number of aromatic nitrogens is 5. The molecule has 49 heavy (non-hydrogen) atoms. The normalized spacial score (nSPS) is 16.2. The number of likely N-dealkylation sites (tertiary alicyclic amines) is 1. The third-order valence-corrected chi connectivity index (χ3v) is 7.51. The first-order valence-electron chi connectivity index (χ1n) is 16.0. The molecule has 2 amide bonds. The van der Waals surface area contributed by atoms with E-state index in [-0.39, 0.29) is 12.6 Å². The number of amides is 2. The number of nitrogens with zero attached hydrogens (tertiary/aromatic N) is 7. The predicted molar refractivity (Wildman–Crippen MR) is 184 cm³/mol. The van der Waals surface area contributed by atoms with Gasteiger partial charge in [-0.25, -0.2) is 19.5 Å². The van der Waals surface area contributed by atoms with Gasteiger partial charge in [0.15, 0.2) is 17.8 Å². The molecule has 1 fully saturated rings. The molecule has 6 rings (SSSR count). The largest absolute Gasteiger partial charge is 0.447 e. The molecule has 12 nitrogen and oxygen atoms in total. The van der Waals surface area contributed by atoms with Crippen molar-refractivity contribution in [3.63, 3.8) is 0 Å². The molecule has 2 aliphatic heterocycles. The van der Waals surface area contributed by atoms with E-state index in [1.54, 1.807) is 47.4 Å². The summed E-state index contributed by atoms with van der Waals surface area (Å²) in [5, 5.41) is 10.7. The van der Waals surface area contributed by atoms with E-state index in [0.717, 1.165) is 6.42 Å². The highest BCUT2D eigenvalue weighted by Crippen LogP contribution is 2.36.